The second kappa shape index (κ2) is 8.09. The molecule has 0 spiro atoms. The highest BCUT2D eigenvalue weighted by atomic mass is 16.5. The Morgan fingerprint density at radius 1 is 1.26 bits per heavy atom. The van der Waals surface area contributed by atoms with Crippen molar-refractivity contribution in [3.63, 3.8) is 0 Å². The quantitative estimate of drug-likeness (QED) is 0.745. The van der Waals surface area contributed by atoms with Crippen molar-refractivity contribution in [2.45, 2.75) is 13.3 Å². The van der Waals surface area contributed by atoms with E-state index in [9.17, 15) is 14.7 Å². The summed E-state index contributed by atoms with van der Waals surface area (Å²) in [5.41, 5.74) is -0.612. The molecule has 144 valence electrons. The highest BCUT2D eigenvalue weighted by molar-refractivity contribution is 6.01. The Labute approximate surface area is 155 Å². The molecule has 1 aromatic carbocycles. The SMILES string of the molecule is CCC(=NN1CCOCC1)c1c(O)n(-c2ccc(OC)cc2)c(=O)[nH]c1=O. The number of rotatable bonds is 5. The summed E-state index contributed by atoms with van der Waals surface area (Å²) in [5.74, 6) is 0.168. The number of morpholine rings is 1. The summed E-state index contributed by atoms with van der Waals surface area (Å²) in [4.78, 5) is 27.0. The Kier molecular flexibility index (Phi) is 5.60. The van der Waals surface area contributed by atoms with Crippen molar-refractivity contribution >= 4 is 5.71 Å². The molecule has 0 atom stereocenters. The number of hydrogen-bond acceptors (Lipinski definition) is 7. The lowest BCUT2D eigenvalue weighted by atomic mass is 10.1. The second-order valence-corrected chi connectivity index (χ2v) is 5.96. The van der Waals surface area contributed by atoms with Crippen LogP contribution in [0.15, 0.2) is 39.0 Å². The molecule has 1 aliphatic rings. The summed E-state index contributed by atoms with van der Waals surface area (Å²) < 4.78 is 11.4. The first-order valence-corrected chi connectivity index (χ1v) is 8.68. The second-order valence-electron chi connectivity index (χ2n) is 5.96. The summed E-state index contributed by atoms with van der Waals surface area (Å²) >= 11 is 0. The molecule has 0 aliphatic carbocycles. The third-order valence-electron chi connectivity index (χ3n) is 4.29. The number of benzene rings is 1. The van der Waals surface area contributed by atoms with Gasteiger partial charge in [0.15, 0.2) is 0 Å². The molecule has 1 aliphatic heterocycles. The van der Waals surface area contributed by atoms with Crippen LogP contribution in [0.3, 0.4) is 0 Å². The average molecular weight is 374 g/mol. The van der Waals surface area contributed by atoms with Crippen LogP contribution in [-0.4, -0.2) is 58.8 Å². The number of aromatic nitrogens is 2. The van der Waals surface area contributed by atoms with E-state index in [0.717, 1.165) is 4.57 Å². The molecule has 27 heavy (non-hydrogen) atoms. The number of hydrogen-bond donors (Lipinski definition) is 2. The van der Waals surface area contributed by atoms with Crippen LogP contribution >= 0.6 is 0 Å². The third-order valence-corrected chi connectivity index (χ3v) is 4.29. The van der Waals surface area contributed by atoms with Crippen molar-refractivity contribution in [2.75, 3.05) is 33.4 Å². The summed E-state index contributed by atoms with van der Waals surface area (Å²) in [6.45, 7) is 4.13. The molecule has 0 bridgehead atoms. The van der Waals surface area contributed by atoms with Gasteiger partial charge in [0.1, 0.15) is 11.3 Å². The summed E-state index contributed by atoms with van der Waals surface area (Å²) in [6, 6.07) is 6.56. The van der Waals surface area contributed by atoms with Crippen LogP contribution in [0.1, 0.15) is 18.9 Å². The number of methoxy groups -OCH3 is 1. The first-order valence-electron chi connectivity index (χ1n) is 8.68. The Morgan fingerprint density at radius 3 is 2.52 bits per heavy atom. The van der Waals surface area contributed by atoms with Gasteiger partial charge in [-0.3, -0.25) is 14.8 Å². The highest BCUT2D eigenvalue weighted by Crippen LogP contribution is 2.20. The van der Waals surface area contributed by atoms with Crippen molar-refractivity contribution in [3.8, 4) is 17.3 Å². The molecule has 0 radical (unpaired) electrons. The zero-order chi connectivity index (χ0) is 19.4. The lowest BCUT2D eigenvalue weighted by Gasteiger charge is -2.25. The first-order chi connectivity index (χ1) is 13.0. The molecule has 0 unspecified atom stereocenters. The van der Waals surface area contributed by atoms with Gasteiger partial charge in [0, 0.05) is 0 Å². The van der Waals surface area contributed by atoms with Gasteiger partial charge >= 0.3 is 5.69 Å². The standard InChI is InChI=1S/C18H22N4O5/c1-3-14(20-21-8-10-27-11-9-21)15-16(23)19-18(25)22(17(15)24)12-4-6-13(26-2)7-5-12/h4-7,24H,3,8-11H2,1-2H3,(H,19,23,25). The van der Waals surface area contributed by atoms with E-state index in [0.29, 0.717) is 49.9 Å². The van der Waals surface area contributed by atoms with Gasteiger partial charge in [-0.25, -0.2) is 9.36 Å². The highest BCUT2D eigenvalue weighted by Gasteiger charge is 2.21. The van der Waals surface area contributed by atoms with Gasteiger partial charge < -0.3 is 14.6 Å². The van der Waals surface area contributed by atoms with E-state index < -0.39 is 17.1 Å². The number of H-pyrrole nitrogens is 1. The maximum Gasteiger partial charge on any atom is 0.335 e. The first kappa shape index (κ1) is 18.7. The van der Waals surface area contributed by atoms with E-state index in [1.165, 1.54) is 7.11 Å². The van der Waals surface area contributed by atoms with Crippen molar-refractivity contribution in [1.29, 1.82) is 0 Å². The molecule has 3 rings (SSSR count). The van der Waals surface area contributed by atoms with Crippen LogP contribution in [0.4, 0.5) is 0 Å². The molecule has 1 aromatic heterocycles. The number of aromatic hydroxyl groups is 1. The van der Waals surface area contributed by atoms with E-state index in [4.69, 9.17) is 9.47 Å². The van der Waals surface area contributed by atoms with Crippen LogP contribution in [0.2, 0.25) is 0 Å². The molecule has 9 heteroatoms. The minimum atomic E-state index is -0.728. The summed E-state index contributed by atoms with van der Waals surface area (Å²) in [7, 11) is 1.53. The van der Waals surface area contributed by atoms with E-state index in [2.05, 4.69) is 10.1 Å². The topological polar surface area (TPSA) is 109 Å². The molecule has 2 N–H and O–H groups in total. The van der Waals surface area contributed by atoms with Crippen LogP contribution in [0, 0.1) is 0 Å². The Morgan fingerprint density at radius 2 is 1.93 bits per heavy atom. The van der Waals surface area contributed by atoms with Crippen LogP contribution in [-0.2, 0) is 4.74 Å². The molecule has 1 fully saturated rings. The van der Waals surface area contributed by atoms with Crippen molar-refractivity contribution in [2.24, 2.45) is 5.10 Å². The van der Waals surface area contributed by atoms with Crippen LogP contribution in [0.5, 0.6) is 11.6 Å². The van der Waals surface area contributed by atoms with Gasteiger partial charge in [-0.2, -0.15) is 5.10 Å². The largest absolute Gasteiger partial charge is 0.497 e. The molecule has 0 saturated carbocycles. The van der Waals surface area contributed by atoms with Gasteiger partial charge in [0.05, 0.1) is 44.8 Å². The van der Waals surface area contributed by atoms with Crippen LogP contribution < -0.4 is 16.0 Å². The fourth-order valence-electron chi connectivity index (χ4n) is 2.88. The maximum absolute atomic E-state index is 12.4. The van der Waals surface area contributed by atoms with Gasteiger partial charge in [0.2, 0.25) is 5.88 Å². The fourth-order valence-corrected chi connectivity index (χ4v) is 2.88. The minimum Gasteiger partial charge on any atom is -0.497 e. The molecule has 0 amide bonds. The normalized spacial score (nSPS) is 15.0. The van der Waals surface area contributed by atoms with Gasteiger partial charge in [-0.15, -0.1) is 0 Å². The Bertz CT molecular complexity index is 940. The van der Waals surface area contributed by atoms with Gasteiger partial charge in [-0.1, -0.05) is 6.92 Å². The Balaban J connectivity index is 2.11. The summed E-state index contributed by atoms with van der Waals surface area (Å²) in [5, 5.41) is 17.0. The lowest BCUT2D eigenvalue weighted by molar-refractivity contribution is 0.0393. The lowest BCUT2D eigenvalue weighted by Crippen LogP contribution is -2.36. The number of ether oxygens (including phenoxy) is 2. The zero-order valence-corrected chi connectivity index (χ0v) is 15.3. The average Bonchev–Trinajstić information content (AvgIpc) is 2.68. The monoisotopic (exact) mass is 374 g/mol. The van der Waals surface area contributed by atoms with Crippen molar-refractivity contribution in [3.05, 3.63) is 50.7 Å². The molecule has 9 nitrogen and oxygen atoms in total. The number of hydrazone groups is 1. The van der Waals surface area contributed by atoms with E-state index in [1.807, 2.05) is 6.92 Å². The van der Waals surface area contributed by atoms with Gasteiger partial charge in [-0.05, 0) is 30.7 Å². The smallest absolute Gasteiger partial charge is 0.335 e. The van der Waals surface area contributed by atoms with E-state index in [-0.39, 0.29) is 5.56 Å². The number of nitrogens with zero attached hydrogens (tertiary/aromatic N) is 3. The fraction of sp³-hybridized carbons (Fsp3) is 0.389. The van der Waals surface area contributed by atoms with E-state index in [1.54, 1.807) is 29.3 Å². The number of aromatic amines is 1. The molecule has 1 saturated heterocycles. The predicted octanol–water partition coefficient (Wildman–Crippen LogP) is 0.686. The minimum absolute atomic E-state index is 0.0144. The summed E-state index contributed by atoms with van der Waals surface area (Å²) in [6.07, 6.45) is 0.412. The zero-order valence-electron chi connectivity index (χ0n) is 15.3. The molecule has 2 heterocycles. The third kappa shape index (κ3) is 3.87. The molecular weight excluding hydrogens is 352 g/mol. The van der Waals surface area contributed by atoms with Crippen molar-refractivity contribution < 1.29 is 14.6 Å². The van der Waals surface area contributed by atoms with Gasteiger partial charge in [0.25, 0.3) is 5.56 Å². The molecule has 2 aromatic rings. The number of nitrogens with one attached hydrogen (secondary N) is 1. The molecular formula is C18H22N4O5. The predicted molar refractivity (Wildman–Crippen MR) is 100 cm³/mol. The maximum atomic E-state index is 12.4. The van der Waals surface area contributed by atoms with Crippen molar-refractivity contribution in [1.82, 2.24) is 14.6 Å². The van der Waals surface area contributed by atoms with E-state index >= 15 is 0 Å². The Hall–Kier alpha value is -3.07. The van der Waals surface area contributed by atoms with Crippen LogP contribution in [0.25, 0.3) is 5.69 Å².